The van der Waals surface area contributed by atoms with Crippen LogP contribution >= 0.6 is 0 Å². The third-order valence-electron chi connectivity index (χ3n) is 3.28. The van der Waals surface area contributed by atoms with Gasteiger partial charge in [0.15, 0.2) is 0 Å². The summed E-state index contributed by atoms with van der Waals surface area (Å²) in [5.41, 5.74) is 1.18. The third-order valence-corrected chi connectivity index (χ3v) is 3.28. The van der Waals surface area contributed by atoms with Gasteiger partial charge in [0.1, 0.15) is 0 Å². The van der Waals surface area contributed by atoms with E-state index in [-0.39, 0.29) is 18.1 Å². The Labute approximate surface area is 123 Å². The number of benzene rings is 1. The van der Waals surface area contributed by atoms with Crippen LogP contribution in [0.5, 0.6) is 0 Å². The molecular formula is C16H21N3O2. The monoisotopic (exact) mass is 287 g/mol. The zero-order valence-corrected chi connectivity index (χ0v) is 12.4. The minimum atomic E-state index is -0.247. The van der Waals surface area contributed by atoms with Crippen molar-refractivity contribution >= 4 is 16.9 Å². The average Bonchev–Trinajstić information content (AvgIpc) is 2.44. The molecule has 0 saturated carbocycles. The first kappa shape index (κ1) is 15.1. The molecule has 0 radical (unpaired) electrons. The first-order valence-corrected chi connectivity index (χ1v) is 7.19. The van der Waals surface area contributed by atoms with Crippen LogP contribution in [0.4, 0.5) is 4.79 Å². The minimum Gasteiger partial charge on any atom is -0.338 e. The van der Waals surface area contributed by atoms with Crippen molar-refractivity contribution in [1.29, 1.82) is 0 Å². The zero-order valence-electron chi connectivity index (χ0n) is 12.4. The summed E-state index contributed by atoms with van der Waals surface area (Å²) < 4.78 is 0. The van der Waals surface area contributed by atoms with E-state index in [1.165, 1.54) is 0 Å². The molecule has 0 saturated heterocycles. The summed E-state index contributed by atoms with van der Waals surface area (Å²) in [6.45, 7) is 5.06. The smallest absolute Gasteiger partial charge is 0.315 e. The average molecular weight is 287 g/mol. The Morgan fingerprint density at radius 1 is 1.24 bits per heavy atom. The van der Waals surface area contributed by atoms with Crippen LogP contribution in [0.15, 0.2) is 35.1 Å². The first-order chi connectivity index (χ1) is 10.1. The van der Waals surface area contributed by atoms with Crippen molar-refractivity contribution in [2.75, 3.05) is 6.54 Å². The molecule has 0 spiro atoms. The van der Waals surface area contributed by atoms with E-state index in [2.05, 4.69) is 29.5 Å². The maximum atomic E-state index is 11.9. The van der Waals surface area contributed by atoms with Crippen LogP contribution in [0.2, 0.25) is 0 Å². The topological polar surface area (TPSA) is 74.0 Å². The van der Waals surface area contributed by atoms with Crippen LogP contribution in [-0.2, 0) is 6.54 Å². The highest BCUT2D eigenvalue weighted by Crippen LogP contribution is 2.09. The molecule has 0 atom stereocenters. The summed E-state index contributed by atoms with van der Waals surface area (Å²) in [4.78, 5) is 26.4. The van der Waals surface area contributed by atoms with Crippen LogP contribution in [0.3, 0.4) is 0 Å². The van der Waals surface area contributed by atoms with Crippen LogP contribution in [0.25, 0.3) is 10.9 Å². The van der Waals surface area contributed by atoms with E-state index < -0.39 is 0 Å². The number of aromatic amines is 1. The molecule has 0 bridgehead atoms. The van der Waals surface area contributed by atoms with Gasteiger partial charge in [-0.05, 0) is 29.9 Å². The van der Waals surface area contributed by atoms with Crippen LogP contribution in [0, 0.1) is 5.92 Å². The SMILES string of the molecule is CC(C)CCNC(=O)NCc1cc2ccccc2[nH]c1=O. The molecule has 21 heavy (non-hydrogen) atoms. The highest BCUT2D eigenvalue weighted by molar-refractivity contribution is 5.79. The van der Waals surface area contributed by atoms with Crippen molar-refractivity contribution in [3.05, 3.63) is 46.2 Å². The number of amides is 2. The Bertz CT molecular complexity index is 677. The number of hydrogen-bond acceptors (Lipinski definition) is 2. The largest absolute Gasteiger partial charge is 0.338 e. The number of fused-ring (bicyclic) bond motifs is 1. The lowest BCUT2D eigenvalue weighted by Crippen LogP contribution is -2.37. The Morgan fingerprint density at radius 3 is 2.76 bits per heavy atom. The maximum Gasteiger partial charge on any atom is 0.315 e. The van der Waals surface area contributed by atoms with Gasteiger partial charge in [-0.3, -0.25) is 4.79 Å². The Balaban J connectivity index is 1.95. The minimum absolute atomic E-state index is 0.170. The van der Waals surface area contributed by atoms with E-state index >= 15 is 0 Å². The summed E-state index contributed by atoms with van der Waals surface area (Å²) in [5.74, 6) is 0.550. The second-order valence-corrected chi connectivity index (χ2v) is 5.50. The fourth-order valence-electron chi connectivity index (χ4n) is 2.04. The number of para-hydroxylation sites is 1. The zero-order chi connectivity index (χ0) is 15.2. The van der Waals surface area contributed by atoms with Gasteiger partial charge in [0.2, 0.25) is 0 Å². The number of aromatic nitrogens is 1. The maximum absolute atomic E-state index is 11.9. The predicted molar refractivity (Wildman–Crippen MR) is 84.3 cm³/mol. The molecule has 112 valence electrons. The summed E-state index contributed by atoms with van der Waals surface area (Å²) >= 11 is 0. The van der Waals surface area contributed by atoms with Crippen molar-refractivity contribution in [2.45, 2.75) is 26.8 Å². The quantitative estimate of drug-likeness (QED) is 0.790. The number of nitrogens with one attached hydrogen (secondary N) is 3. The molecule has 2 aromatic rings. The number of carbonyl (C=O) groups excluding carboxylic acids is 1. The second-order valence-electron chi connectivity index (χ2n) is 5.50. The van der Waals surface area contributed by atoms with E-state index in [0.29, 0.717) is 18.0 Å². The van der Waals surface area contributed by atoms with Crippen molar-refractivity contribution < 1.29 is 4.79 Å². The van der Waals surface area contributed by atoms with Crippen LogP contribution in [0.1, 0.15) is 25.8 Å². The van der Waals surface area contributed by atoms with Crippen molar-refractivity contribution in [3.63, 3.8) is 0 Å². The van der Waals surface area contributed by atoms with Crippen molar-refractivity contribution in [2.24, 2.45) is 5.92 Å². The summed E-state index contributed by atoms with van der Waals surface area (Å²) in [6.07, 6.45) is 0.935. The molecule has 2 amide bonds. The van der Waals surface area contributed by atoms with Crippen LogP contribution in [-0.4, -0.2) is 17.6 Å². The number of urea groups is 1. The van der Waals surface area contributed by atoms with Crippen LogP contribution < -0.4 is 16.2 Å². The molecule has 1 aromatic heterocycles. The molecular weight excluding hydrogens is 266 g/mol. The molecule has 1 heterocycles. The first-order valence-electron chi connectivity index (χ1n) is 7.19. The standard InChI is InChI=1S/C16H21N3O2/c1-11(2)7-8-17-16(21)18-10-13-9-12-5-3-4-6-14(12)19-15(13)20/h3-6,9,11H,7-8,10H2,1-2H3,(H,19,20)(H2,17,18,21). The van der Waals surface area contributed by atoms with Gasteiger partial charge in [-0.15, -0.1) is 0 Å². The van der Waals surface area contributed by atoms with E-state index in [0.717, 1.165) is 17.3 Å². The highest BCUT2D eigenvalue weighted by Gasteiger charge is 2.05. The van der Waals surface area contributed by atoms with Crippen molar-refractivity contribution in [1.82, 2.24) is 15.6 Å². The molecule has 0 aliphatic rings. The molecule has 0 aliphatic heterocycles. The Hall–Kier alpha value is -2.30. The Kier molecular flexibility index (Phi) is 4.98. The molecule has 5 nitrogen and oxygen atoms in total. The number of rotatable bonds is 5. The number of carbonyl (C=O) groups is 1. The Morgan fingerprint density at radius 2 is 2.00 bits per heavy atom. The lowest BCUT2D eigenvalue weighted by atomic mass is 10.1. The van der Waals surface area contributed by atoms with E-state index in [1.807, 2.05) is 30.3 Å². The van der Waals surface area contributed by atoms with Gasteiger partial charge in [-0.1, -0.05) is 32.0 Å². The molecule has 0 unspecified atom stereocenters. The molecule has 3 N–H and O–H groups in total. The van der Waals surface area contributed by atoms with E-state index in [1.54, 1.807) is 0 Å². The summed E-state index contributed by atoms with van der Waals surface area (Å²) in [5, 5.41) is 6.44. The molecule has 5 heteroatoms. The second kappa shape index (κ2) is 6.92. The van der Waals surface area contributed by atoms with Crippen molar-refractivity contribution in [3.8, 4) is 0 Å². The lowest BCUT2D eigenvalue weighted by Gasteiger charge is -2.09. The van der Waals surface area contributed by atoms with E-state index in [4.69, 9.17) is 0 Å². The van der Waals surface area contributed by atoms with Gasteiger partial charge < -0.3 is 15.6 Å². The fraction of sp³-hybridized carbons (Fsp3) is 0.375. The number of hydrogen-bond donors (Lipinski definition) is 3. The summed E-state index contributed by atoms with van der Waals surface area (Å²) in [7, 11) is 0. The fourth-order valence-corrected chi connectivity index (χ4v) is 2.04. The van der Waals surface area contributed by atoms with Gasteiger partial charge in [-0.2, -0.15) is 0 Å². The normalized spacial score (nSPS) is 10.8. The molecule has 1 aromatic carbocycles. The number of H-pyrrole nitrogens is 1. The van der Waals surface area contributed by atoms with Gasteiger partial charge in [-0.25, -0.2) is 4.79 Å². The molecule has 0 aliphatic carbocycles. The van der Waals surface area contributed by atoms with Gasteiger partial charge >= 0.3 is 6.03 Å². The highest BCUT2D eigenvalue weighted by atomic mass is 16.2. The number of pyridine rings is 1. The lowest BCUT2D eigenvalue weighted by molar-refractivity contribution is 0.240. The van der Waals surface area contributed by atoms with Gasteiger partial charge in [0.25, 0.3) is 5.56 Å². The van der Waals surface area contributed by atoms with E-state index in [9.17, 15) is 9.59 Å². The predicted octanol–water partition coefficient (Wildman–Crippen LogP) is 2.37. The molecule has 2 rings (SSSR count). The van der Waals surface area contributed by atoms with Gasteiger partial charge in [0.05, 0.1) is 0 Å². The third kappa shape index (κ3) is 4.34. The molecule has 0 fully saturated rings. The van der Waals surface area contributed by atoms with Gasteiger partial charge in [0, 0.05) is 24.2 Å². The summed E-state index contributed by atoms with van der Waals surface area (Å²) in [6, 6.07) is 9.13.